The van der Waals surface area contributed by atoms with Crippen LogP contribution in [0.1, 0.15) is 39.2 Å². The van der Waals surface area contributed by atoms with Crippen LogP contribution in [0.15, 0.2) is 23.2 Å². The summed E-state index contributed by atoms with van der Waals surface area (Å²) in [5, 5.41) is 3.22. The van der Waals surface area contributed by atoms with Crippen LogP contribution in [0.2, 0.25) is 0 Å². The quantitative estimate of drug-likeness (QED) is 0.655. The summed E-state index contributed by atoms with van der Waals surface area (Å²) in [6, 6.07) is 6.17. The summed E-state index contributed by atoms with van der Waals surface area (Å²) in [7, 11) is 0. The van der Waals surface area contributed by atoms with Gasteiger partial charge in [0.2, 0.25) is 6.79 Å². The van der Waals surface area contributed by atoms with Crippen molar-refractivity contribution >= 4 is 5.96 Å². The summed E-state index contributed by atoms with van der Waals surface area (Å²) in [6.45, 7) is 8.58. The summed E-state index contributed by atoms with van der Waals surface area (Å²) < 4.78 is 16.5. The molecule has 0 spiro atoms. The van der Waals surface area contributed by atoms with E-state index in [2.05, 4.69) is 43.2 Å². The van der Waals surface area contributed by atoms with Gasteiger partial charge < -0.3 is 25.3 Å². The second-order valence-electron chi connectivity index (χ2n) is 7.54. The molecule has 24 heavy (non-hydrogen) atoms. The number of hydrogen-bond donors (Lipinski definition) is 2. The molecule has 0 atom stereocenters. The second kappa shape index (κ2) is 6.51. The number of guanidine groups is 1. The minimum absolute atomic E-state index is 0.0799. The van der Waals surface area contributed by atoms with Gasteiger partial charge in [0.1, 0.15) is 0 Å². The summed E-state index contributed by atoms with van der Waals surface area (Å²) in [5.41, 5.74) is 7.10. The minimum Gasteiger partial charge on any atom is -0.454 e. The number of fused-ring (bicyclic) bond motifs is 1. The molecule has 6 heteroatoms. The topological polar surface area (TPSA) is 78.1 Å². The van der Waals surface area contributed by atoms with Gasteiger partial charge in [-0.25, -0.2) is 0 Å². The number of ether oxygens (including phenoxy) is 3. The Morgan fingerprint density at radius 1 is 1.21 bits per heavy atom. The maximum atomic E-state index is 6.07. The zero-order valence-electron chi connectivity index (χ0n) is 14.7. The van der Waals surface area contributed by atoms with E-state index < -0.39 is 0 Å². The van der Waals surface area contributed by atoms with E-state index >= 15 is 0 Å². The lowest BCUT2D eigenvalue weighted by Crippen LogP contribution is -2.46. The van der Waals surface area contributed by atoms with E-state index in [1.165, 1.54) is 5.56 Å². The van der Waals surface area contributed by atoms with Crippen LogP contribution in [0.4, 0.5) is 0 Å². The molecule has 0 aromatic heterocycles. The van der Waals surface area contributed by atoms with Gasteiger partial charge in [-0.05, 0) is 51.3 Å². The normalized spacial score (nSPS) is 20.0. The van der Waals surface area contributed by atoms with Crippen LogP contribution in [0.5, 0.6) is 11.5 Å². The lowest BCUT2D eigenvalue weighted by molar-refractivity contribution is 0.0530. The number of benzene rings is 1. The van der Waals surface area contributed by atoms with E-state index in [9.17, 15) is 0 Å². The molecule has 1 aromatic carbocycles. The fraction of sp³-hybridized carbons (Fsp3) is 0.611. The van der Waals surface area contributed by atoms with E-state index in [1.807, 2.05) is 6.07 Å². The van der Waals surface area contributed by atoms with Crippen molar-refractivity contribution in [2.45, 2.75) is 44.6 Å². The second-order valence-corrected chi connectivity index (χ2v) is 7.54. The molecular formula is C18H27N3O3. The number of nitrogens with one attached hydrogen (secondary N) is 1. The third kappa shape index (κ3) is 3.75. The SMILES string of the molecule is CC(C)(C)NC(N)=NCC1(c2ccc3c(c2)OCO3)CCOCC1. The molecule has 3 N–H and O–H groups in total. The fourth-order valence-electron chi connectivity index (χ4n) is 3.19. The van der Waals surface area contributed by atoms with Gasteiger partial charge >= 0.3 is 0 Å². The molecule has 1 aromatic rings. The minimum atomic E-state index is -0.102. The van der Waals surface area contributed by atoms with Crippen molar-refractivity contribution in [3.05, 3.63) is 23.8 Å². The summed E-state index contributed by atoms with van der Waals surface area (Å²) in [6.07, 6.45) is 1.83. The molecule has 1 fully saturated rings. The number of nitrogens with zero attached hydrogens (tertiary/aromatic N) is 1. The molecule has 3 rings (SSSR count). The average molecular weight is 333 g/mol. The van der Waals surface area contributed by atoms with E-state index in [1.54, 1.807) is 0 Å². The van der Waals surface area contributed by atoms with Crippen LogP contribution < -0.4 is 20.5 Å². The molecule has 0 amide bonds. The maximum absolute atomic E-state index is 6.07. The molecule has 1 saturated heterocycles. The van der Waals surface area contributed by atoms with Crippen molar-refractivity contribution in [2.24, 2.45) is 10.7 Å². The van der Waals surface area contributed by atoms with Crippen molar-refractivity contribution in [1.82, 2.24) is 5.32 Å². The zero-order chi connectivity index (χ0) is 17.2. The Morgan fingerprint density at radius 3 is 2.62 bits per heavy atom. The average Bonchev–Trinajstić information content (AvgIpc) is 3.00. The summed E-state index contributed by atoms with van der Waals surface area (Å²) >= 11 is 0. The van der Waals surface area contributed by atoms with Crippen LogP contribution in [-0.4, -0.2) is 38.0 Å². The summed E-state index contributed by atoms with van der Waals surface area (Å²) in [5.74, 6) is 2.09. The monoisotopic (exact) mass is 333 g/mol. The molecule has 0 aliphatic carbocycles. The molecule has 0 radical (unpaired) electrons. The first-order valence-electron chi connectivity index (χ1n) is 8.44. The Labute approximate surface area is 143 Å². The highest BCUT2D eigenvalue weighted by atomic mass is 16.7. The molecule has 2 aliphatic rings. The number of aliphatic imine (C=N–C) groups is 1. The van der Waals surface area contributed by atoms with Crippen molar-refractivity contribution in [3.8, 4) is 11.5 Å². The van der Waals surface area contributed by atoms with E-state index in [0.717, 1.165) is 37.6 Å². The highest BCUT2D eigenvalue weighted by Crippen LogP contribution is 2.41. The predicted molar refractivity (Wildman–Crippen MR) is 93.7 cm³/mol. The van der Waals surface area contributed by atoms with E-state index in [4.69, 9.17) is 19.9 Å². The van der Waals surface area contributed by atoms with Crippen molar-refractivity contribution in [1.29, 1.82) is 0 Å². The van der Waals surface area contributed by atoms with Gasteiger partial charge in [0, 0.05) is 24.2 Å². The third-order valence-corrected chi connectivity index (χ3v) is 4.49. The number of hydrogen-bond acceptors (Lipinski definition) is 4. The van der Waals surface area contributed by atoms with E-state index in [0.29, 0.717) is 12.5 Å². The first-order valence-corrected chi connectivity index (χ1v) is 8.44. The lowest BCUT2D eigenvalue weighted by Gasteiger charge is -2.36. The first-order chi connectivity index (χ1) is 11.4. The Bertz CT molecular complexity index is 616. The van der Waals surface area contributed by atoms with Crippen LogP contribution in [0, 0.1) is 0 Å². The van der Waals surface area contributed by atoms with E-state index in [-0.39, 0.29) is 17.7 Å². The maximum Gasteiger partial charge on any atom is 0.231 e. The molecule has 2 aliphatic heterocycles. The largest absolute Gasteiger partial charge is 0.454 e. The smallest absolute Gasteiger partial charge is 0.231 e. The fourth-order valence-corrected chi connectivity index (χ4v) is 3.19. The molecule has 2 heterocycles. The number of rotatable bonds is 3. The molecule has 0 unspecified atom stereocenters. The summed E-state index contributed by atoms with van der Waals surface area (Å²) in [4.78, 5) is 4.63. The molecule has 0 bridgehead atoms. The number of nitrogens with two attached hydrogens (primary N) is 1. The van der Waals surface area contributed by atoms with Crippen LogP contribution >= 0.6 is 0 Å². The predicted octanol–water partition coefficient (Wildman–Crippen LogP) is 2.17. The van der Waals surface area contributed by atoms with Crippen LogP contribution in [0.25, 0.3) is 0 Å². The van der Waals surface area contributed by atoms with Crippen LogP contribution in [-0.2, 0) is 10.2 Å². The Hall–Kier alpha value is -1.95. The van der Waals surface area contributed by atoms with Gasteiger partial charge in [-0.15, -0.1) is 0 Å². The third-order valence-electron chi connectivity index (χ3n) is 4.49. The lowest BCUT2D eigenvalue weighted by atomic mass is 9.74. The molecule has 0 saturated carbocycles. The standard InChI is InChI=1S/C18H27N3O3/c1-17(2,3)21-16(19)20-11-18(6-8-22-9-7-18)13-4-5-14-15(10-13)24-12-23-14/h4-5,10H,6-9,11-12H2,1-3H3,(H3,19,20,21). The Balaban J connectivity index is 1.84. The van der Waals surface area contributed by atoms with Crippen molar-refractivity contribution in [3.63, 3.8) is 0 Å². The van der Waals surface area contributed by atoms with Gasteiger partial charge in [-0.1, -0.05) is 6.07 Å². The van der Waals surface area contributed by atoms with Gasteiger partial charge in [0.15, 0.2) is 17.5 Å². The van der Waals surface area contributed by atoms with Gasteiger partial charge in [0.05, 0.1) is 6.54 Å². The zero-order valence-corrected chi connectivity index (χ0v) is 14.7. The molecular weight excluding hydrogens is 306 g/mol. The molecule has 6 nitrogen and oxygen atoms in total. The van der Waals surface area contributed by atoms with Gasteiger partial charge in [-0.2, -0.15) is 0 Å². The molecule has 132 valence electrons. The van der Waals surface area contributed by atoms with Crippen LogP contribution in [0.3, 0.4) is 0 Å². The highest BCUT2D eigenvalue weighted by Gasteiger charge is 2.35. The highest BCUT2D eigenvalue weighted by molar-refractivity contribution is 5.78. The Kier molecular flexibility index (Phi) is 4.58. The first kappa shape index (κ1) is 16.9. The Morgan fingerprint density at radius 2 is 1.92 bits per heavy atom. The van der Waals surface area contributed by atoms with Crippen molar-refractivity contribution in [2.75, 3.05) is 26.6 Å². The van der Waals surface area contributed by atoms with Gasteiger partial charge in [0.25, 0.3) is 0 Å². The van der Waals surface area contributed by atoms with Gasteiger partial charge in [-0.3, -0.25) is 4.99 Å². The van der Waals surface area contributed by atoms with Crippen molar-refractivity contribution < 1.29 is 14.2 Å².